The summed E-state index contributed by atoms with van der Waals surface area (Å²) in [7, 11) is 3.30. The number of benzene rings is 1. The third-order valence-electron chi connectivity index (χ3n) is 4.59. The number of H-pyrrole nitrogens is 1. The lowest BCUT2D eigenvalue weighted by Crippen LogP contribution is -2.30. The average Bonchev–Trinajstić information content (AvgIpc) is 3.15. The maximum Gasteiger partial charge on any atom is 0.161 e. The molecule has 3 aromatic rings. The van der Waals surface area contributed by atoms with Crippen LogP contribution in [-0.2, 0) is 12.8 Å². The third kappa shape index (κ3) is 3.17. The van der Waals surface area contributed by atoms with E-state index in [1.54, 1.807) is 26.2 Å². The standard InChI is InChI=1S/C18H20N4O2S/c1-23-16-6-4-13(8-17(16)24-2)25-22-12-3-5-14-11(7-12)9-19-18-15(14)10-20-21-18/h4,6,8-10,12,22H,3,5,7H2,1-2H3,(H,19,20,21). The molecule has 25 heavy (non-hydrogen) atoms. The maximum absolute atomic E-state index is 5.37. The van der Waals surface area contributed by atoms with Gasteiger partial charge in [0, 0.05) is 22.5 Å². The first-order valence-corrected chi connectivity index (χ1v) is 9.04. The van der Waals surface area contributed by atoms with Crippen molar-refractivity contribution < 1.29 is 9.47 Å². The van der Waals surface area contributed by atoms with Crippen molar-refractivity contribution >= 4 is 23.0 Å². The lowest BCUT2D eigenvalue weighted by atomic mass is 9.88. The third-order valence-corrected chi connectivity index (χ3v) is 5.53. The second kappa shape index (κ2) is 6.93. The molecule has 0 aliphatic heterocycles. The molecular weight excluding hydrogens is 336 g/mol. The SMILES string of the molecule is COc1ccc(SNC2CCc3c(cnc4[nH]ncc34)C2)cc1OC. The van der Waals surface area contributed by atoms with Gasteiger partial charge in [-0.05, 0) is 60.5 Å². The molecule has 0 saturated heterocycles. The maximum atomic E-state index is 5.37. The number of hydrogen-bond acceptors (Lipinski definition) is 6. The highest BCUT2D eigenvalue weighted by Crippen LogP contribution is 2.32. The van der Waals surface area contributed by atoms with Crippen LogP contribution in [0.3, 0.4) is 0 Å². The Balaban J connectivity index is 1.44. The minimum atomic E-state index is 0.414. The van der Waals surface area contributed by atoms with Crippen molar-refractivity contribution in [3.05, 3.63) is 41.7 Å². The number of hydrogen-bond donors (Lipinski definition) is 2. The number of pyridine rings is 1. The van der Waals surface area contributed by atoms with Gasteiger partial charge in [0.2, 0.25) is 0 Å². The second-order valence-electron chi connectivity index (χ2n) is 6.07. The molecule has 0 bridgehead atoms. The van der Waals surface area contributed by atoms with Gasteiger partial charge in [-0.2, -0.15) is 5.10 Å². The molecule has 1 atom stereocenters. The fourth-order valence-electron chi connectivity index (χ4n) is 3.28. The Kier molecular flexibility index (Phi) is 4.50. The molecule has 130 valence electrons. The number of fused-ring (bicyclic) bond motifs is 3. The predicted molar refractivity (Wildman–Crippen MR) is 98.2 cm³/mol. The lowest BCUT2D eigenvalue weighted by molar-refractivity contribution is 0.354. The zero-order chi connectivity index (χ0) is 17.2. The molecule has 1 unspecified atom stereocenters. The summed E-state index contributed by atoms with van der Waals surface area (Å²) in [5.74, 6) is 1.49. The summed E-state index contributed by atoms with van der Waals surface area (Å²) in [4.78, 5) is 5.57. The molecule has 0 spiro atoms. The molecule has 6 nitrogen and oxygen atoms in total. The predicted octanol–water partition coefficient (Wildman–Crippen LogP) is 3.13. The molecule has 2 N–H and O–H groups in total. The van der Waals surface area contributed by atoms with Crippen LogP contribution in [0.2, 0.25) is 0 Å². The van der Waals surface area contributed by atoms with E-state index < -0.39 is 0 Å². The molecule has 2 heterocycles. The van der Waals surface area contributed by atoms with Crippen LogP contribution in [0.15, 0.2) is 35.5 Å². The van der Waals surface area contributed by atoms with E-state index in [0.717, 1.165) is 46.7 Å². The molecule has 2 aromatic heterocycles. The zero-order valence-corrected chi connectivity index (χ0v) is 15.0. The molecule has 0 saturated carbocycles. The van der Waals surface area contributed by atoms with Gasteiger partial charge in [-0.25, -0.2) is 4.98 Å². The van der Waals surface area contributed by atoms with Crippen molar-refractivity contribution in [2.45, 2.75) is 30.2 Å². The Morgan fingerprint density at radius 1 is 1.20 bits per heavy atom. The first-order valence-electron chi connectivity index (χ1n) is 8.22. The van der Waals surface area contributed by atoms with Crippen molar-refractivity contribution in [1.82, 2.24) is 19.9 Å². The normalized spacial score (nSPS) is 16.6. The molecular formula is C18H20N4O2S. The molecule has 4 rings (SSSR count). The highest BCUT2D eigenvalue weighted by Gasteiger charge is 2.21. The number of aromatic amines is 1. The highest BCUT2D eigenvalue weighted by atomic mass is 32.2. The Labute approximate surface area is 150 Å². The van der Waals surface area contributed by atoms with E-state index in [-0.39, 0.29) is 0 Å². The van der Waals surface area contributed by atoms with E-state index in [4.69, 9.17) is 9.47 Å². The molecule has 1 aliphatic rings. The highest BCUT2D eigenvalue weighted by molar-refractivity contribution is 7.97. The van der Waals surface area contributed by atoms with E-state index in [9.17, 15) is 0 Å². The van der Waals surface area contributed by atoms with Crippen LogP contribution in [-0.4, -0.2) is 35.4 Å². The topological polar surface area (TPSA) is 72.1 Å². The second-order valence-corrected chi connectivity index (χ2v) is 6.98. The Morgan fingerprint density at radius 3 is 2.92 bits per heavy atom. The average molecular weight is 356 g/mol. The largest absolute Gasteiger partial charge is 0.493 e. The fourth-order valence-corrected chi connectivity index (χ4v) is 4.09. The van der Waals surface area contributed by atoms with Gasteiger partial charge in [-0.3, -0.25) is 9.82 Å². The summed E-state index contributed by atoms with van der Waals surface area (Å²) in [5, 5.41) is 8.21. The number of nitrogens with one attached hydrogen (secondary N) is 2. The van der Waals surface area contributed by atoms with Gasteiger partial charge in [0.15, 0.2) is 17.1 Å². The van der Waals surface area contributed by atoms with Gasteiger partial charge >= 0.3 is 0 Å². The van der Waals surface area contributed by atoms with Crippen LogP contribution in [0.1, 0.15) is 17.5 Å². The smallest absolute Gasteiger partial charge is 0.161 e. The van der Waals surface area contributed by atoms with Gasteiger partial charge < -0.3 is 9.47 Å². The van der Waals surface area contributed by atoms with Gasteiger partial charge in [0.25, 0.3) is 0 Å². The van der Waals surface area contributed by atoms with Crippen molar-refractivity contribution in [3.8, 4) is 11.5 Å². The molecule has 0 radical (unpaired) electrons. The van der Waals surface area contributed by atoms with Crippen LogP contribution >= 0.6 is 11.9 Å². The minimum Gasteiger partial charge on any atom is -0.493 e. The molecule has 7 heteroatoms. The number of aromatic nitrogens is 3. The number of rotatable bonds is 5. The van der Waals surface area contributed by atoms with Gasteiger partial charge in [-0.1, -0.05) is 0 Å². The number of methoxy groups -OCH3 is 2. The quantitative estimate of drug-likeness (QED) is 0.685. The number of ether oxygens (including phenoxy) is 2. The minimum absolute atomic E-state index is 0.414. The van der Waals surface area contributed by atoms with Crippen molar-refractivity contribution in [2.75, 3.05) is 14.2 Å². The monoisotopic (exact) mass is 356 g/mol. The Bertz CT molecular complexity index is 896. The van der Waals surface area contributed by atoms with Crippen LogP contribution < -0.4 is 14.2 Å². The van der Waals surface area contributed by atoms with Crippen molar-refractivity contribution in [2.24, 2.45) is 0 Å². The number of aryl methyl sites for hydroxylation is 1. The summed E-state index contributed by atoms with van der Waals surface area (Å²) >= 11 is 1.63. The van der Waals surface area contributed by atoms with E-state index >= 15 is 0 Å². The van der Waals surface area contributed by atoms with Crippen LogP contribution in [0, 0.1) is 0 Å². The Morgan fingerprint density at radius 2 is 2.08 bits per heavy atom. The van der Waals surface area contributed by atoms with E-state index in [1.165, 1.54) is 11.1 Å². The summed E-state index contributed by atoms with van der Waals surface area (Å²) < 4.78 is 14.2. The molecule has 0 fully saturated rings. The van der Waals surface area contributed by atoms with Gasteiger partial charge in [0.1, 0.15) is 0 Å². The summed E-state index contributed by atoms with van der Waals surface area (Å²) in [6, 6.07) is 6.37. The van der Waals surface area contributed by atoms with Crippen LogP contribution in [0.25, 0.3) is 11.0 Å². The van der Waals surface area contributed by atoms with Crippen LogP contribution in [0.4, 0.5) is 0 Å². The summed E-state index contributed by atoms with van der Waals surface area (Å²) in [5.41, 5.74) is 3.57. The number of nitrogens with zero attached hydrogens (tertiary/aromatic N) is 2. The molecule has 1 aromatic carbocycles. The summed E-state index contributed by atoms with van der Waals surface area (Å²) in [6.45, 7) is 0. The van der Waals surface area contributed by atoms with Crippen molar-refractivity contribution in [1.29, 1.82) is 0 Å². The van der Waals surface area contributed by atoms with E-state index in [0.29, 0.717) is 6.04 Å². The van der Waals surface area contributed by atoms with Gasteiger partial charge in [-0.15, -0.1) is 0 Å². The van der Waals surface area contributed by atoms with Gasteiger partial charge in [0.05, 0.1) is 20.4 Å². The van der Waals surface area contributed by atoms with Crippen LogP contribution in [0.5, 0.6) is 11.5 Å². The first kappa shape index (κ1) is 16.2. The van der Waals surface area contributed by atoms with Crippen molar-refractivity contribution in [3.63, 3.8) is 0 Å². The molecule has 1 aliphatic carbocycles. The lowest BCUT2D eigenvalue weighted by Gasteiger charge is -2.25. The van der Waals surface area contributed by atoms with E-state index in [2.05, 4.69) is 19.9 Å². The summed E-state index contributed by atoms with van der Waals surface area (Å²) in [6.07, 6.45) is 6.97. The Hall–Kier alpha value is -2.25. The fraction of sp³-hybridized carbons (Fsp3) is 0.333. The first-order chi connectivity index (χ1) is 12.3. The molecule has 0 amide bonds. The zero-order valence-electron chi connectivity index (χ0n) is 14.2. The van der Waals surface area contributed by atoms with E-state index in [1.807, 2.05) is 30.6 Å².